The van der Waals surface area contributed by atoms with Gasteiger partial charge in [0.05, 0.1) is 26.2 Å². The lowest BCUT2D eigenvalue weighted by Gasteiger charge is -2.10. The molecule has 0 aliphatic rings. The Balaban J connectivity index is 1.61. The zero-order chi connectivity index (χ0) is 23.6. The number of carbonyl (C=O) groups is 1. The number of rotatable bonds is 10. The summed E-state index contributed by atoms with van der Waals surface area (Å²) in [5.41, 5.74) is 5.41. The maximum atomic E-state index is 12.2. The van der Waals surface area contributed by atoms with Crippen molar-refractivity contribution in [2.24, 2.45) is 5.10 Å². The summed E-state index contributed by atoms with van der Waals surface area (Å²) < 4.78 is 12.6. The third kappa shape index (κ3) is 6.45. The second kappa shape index (κ2) is 11.9. The quantitative estimate of drug-likeness (QED) is 0.273. The van der Waals surface area contributed by atoms with E-state index in [-0.39, 0.29) is 11.7 Å². The standard InChI is InChI=1S/C24H27N5O3S/c1-5-29-23(19-11-12-20(31-3)21(14-19)32-4)27-28-24(29)33-16-22(30)26-25-15-17(2)13-18-9-7-6-8-10-18/h6-15H,5,16H2,1-4H3,(H,26,30). The number of hydrogen-bond acceptors (Lipinski definition) is 7. The topological polar surface area (TPSA) is 90.6 Å². The lowest BCUT2D eigenvalue weighted by Crippen LogP contribution is -2.20. The first-order valence-corrected chi connectivity index (χ1v) is 11.4. The lowest BCUT2D eigenvalue weighted by molar-refractivity contribution is -0.118. The Hall–Kier alpha value is -3.59. The van der Waals surface area contributed by atoms with Crippen LogP contribution in [-0.2, 0) is 11.3 Å². The van der Waals surface area contributed by atoms with E-state index in [1.165, 1.54) is 11.8 Å². The Morgan fingerprint density at radius 2 is 1.88 bits per heavy atom. The van der Waals surface area contributed by atoms with E-state index in [1.54, 1.807) is 20.4 Å². The minimum absolute atomic E-state index is 0.169. The van der Waals surface area contributed by atoms with Crippen molar-refractivity contribution in [1.29, 1.82) is 0 Å². The summed E-state index contributed by atoms with van der Waals surface area (Å²) in [6, 6.07) is 15.5. The molecule has 2 aromatic carbocycles. The van der Waals surface area contributed by atoms with Gasteiger partial charge in [-0.25, -0.2) is 5.43 Å². The van der Waals surface area contributed by atoms with Gasteiger partial charge in [0.1, 0.15) is 0 Å². The highest BCUT2D eigenvalue weighted by Gasteiger charge is 2.16. The van der Waals surface area contributed by atoms with Crippen LogP contribution in [0.5, 0.6) is 11.5 Å². The number of nitrogens with zero attached hydrogens (tertiary/aromatic N) is 4. The second-order valence-corrected chi connectivity index (χ2v) is 7.94. The molecule has 8 nitrogen and oxygen atoms in total. The number of thioether (sulfide) groups is 1. The van der Waals surface area contributed by atoms with Gasteiger partial charge >= 0.3 is 0 Å². The van der Waals surface area contributed by atoms with Crippen LogP contribution in [-0.4, -0.2) is 46.9 Å². The molecule has 0 aliphatic heterocycles. The van der Waals surface area contributed by atoms with Crippen LogP contribution in [0.3, 0.4) is 0 Å². The SMILES string of the molecule is CCn1c(SCC(=O)NN=CC(C)=Cc2ccccc2)nnc1-c1ccc(OC)c(OC)c1. The molecule has 172 valence electrons. The van der Waals surface area contributed by atoms with Gasteiger partial charge < -0.3 is 14.0 Å². The molecule has 3 rings (SSSR count). The average Bonchev–Trinajstić information content (AvgIpc) is 3.25. The zero-order valence-electron chi connectivity index (χ0n) is 19.1. The Bertz CT molecular complexity index is 1140. The number of ether oxygens (including phenoxy) is 2. The van der Waals surface area contributed by atoms with Gasteiger partial charge in [0.15, 0.2) is 22.5 Å². The molecular weight excluding hydrogens is 438 g/mol. The number of methoxy groups -OCH3 is 2. The highest BCUT2D eigenvalue weighted by molar-refractivity contribution is 7.99. The average molecular weight is 466 g/mol. The molecule has 0 unspecified atom stereocenters. The van der Waals surface area contributed by atoms with E-state index in [2.05, 4.69) is 20.7 Å². The first-order valence-electron chi connectivity index (χ1n) is 10.4. The smallest absolute Gasteiger partial charge is 0.250 e. The number of allylic oxidation sites excluding steroid dienone is 1. The van der Waals surface area contributed by atoms with E-state index < -0.39 is 0 Å². The minimum Gasteiger partial charge on any atom is -0.493 e. The van der Waals surface area contributed by atoms with Crippen molar-refractivity contribution in [3.05, 3.63) is 59.7 Å². The van der Waals surface area contributed by atoms with Gasteiger partial charge in [-0.15, -0.1) is 10.2 Å². The summed E-state index contributed by atoms with van der Waals surface area (Å²) in [5.74, 6) is 1.90. The molecule has 0 radical (unpaired) electrons. The third-order valence-electron chi connectivity index (χ3n) is 4.66. The number of aromatic nitrogens is 3. The first-order chi connectivity index (χ1) is 16.0. The van der Waals surface area contributed by atoms with Crippen LogP contribution in [0, 0.1) is 0 Å². The van der Waals surface area contributed by atoms with Crippen molar-refractivity contribution >= 4 is 30.0 Å². The Kier molecular flexibility index (Phi) is 8.65. The fraction of sp³-hybridized carbons (Fsp3) is 0.250. The number of nitrogens with one attached hydrogen (secondary N) is 1. The van der Waals surface area contributed by atoms with E-state index in [4.69, 9.17) is 9.47 Å². The van der Waals surface area contributed by atoms with Crippen LogP contribution in [0.25, 0.3) is 17.5 Å². The highest BCUT2D eigenvalue weighted by atomic mass is 32.2. The van der Waals surface area contributed by atoms with Crippen LogP contribution >= 0.6 is 11.8 Å². The predicted molar refractivity (Wildman–Crippen MR) is 132 cm³/mol. The van der Waals surface area contributed by atoms with Gasteiger partial charge in [-0.3, -0.25) is 4.79 Å². The van der Waals surface area contributed by atoms with Gasteiger partial charge in [0, 0.05) is 12.1 Å². The van der Waals surface area contributed by atoms with Crippen molar-refractivity contribution in [2.45, 2.75) is 25.5 Å². The molecule has 0 spiro atoms. The molecule has 1 amide bonds. The van der Waals surface area contributed by atoms with Crippen molar-refractivity contribution in [3.8, 4) is 22.9 Å². The molecular formula is C24H27N5O3S. The monoisotopic (exact) mass is 465 g/mol. The molecule has 0 aliphatic carbocycles. The van der Waals surface area contributed by atoms with Crippen LogP contribution in [0.4, 0.5) is 0 Å². The zero-order valence-corrected chi connectivity index (χ0v) is 19.9. The van der Waals surface area contributed by atoms with Gasteiger partial charge in [-0.2, -0.15) is 5.10 Å². The third-order valence-corrected chi connectivity index (χ3v) is 5.63. The van der Waals surface area contributed by atoms with Crippen molar-refractivity contribution in [1.82, 2.24) is 20.2 Å². The lowest BCUT2D eigenvalue weighted by atomic mass is 10.1. The van der Waals surface area contributed by atoms with Crippen molar-refractivity contribution < 1.29 is 14.3 Å². The summed E-state index contributed by atoms with van der Waals surface area (Å²) in [7, 11) is 3.18. The summed E-state index contributed by atoms with van der Waals surface area (Å²) >= 11 is 1.31. The van der Waals surface area contributed by atoms with Crippen LogP contribution in [0.1, 0.15) is 19.4 Å². The summed E-state index contributed by atoms with van der Waals surface area (Å²) in [6.45, 7) is 4.59. The highest BCUT2D eigenvalue weighted by Crippen LogP contribution is 2.32. The summed E-state index contributed by atoms with van der Waals surface area (Å²) in [4.78, 5) is 12.2. The molecule has 0 bridgehead atoms. The van der Waals surface area contributed by atoms with Gasteiger partial charge in [-0.05, 0) is 43.2 Å². The van der Waals surface area contributed by atoms with Crippen LogP contribution < -0.4 is 14.9 Å². The van der Waals surface area contributed by atoms with Gasteiger partial charge in [0.2, 0.25) is 0 Å². The fourth-order valence-corrected chi connectivity index (χ4v) is 3.88. The largest absolute Gasteiger partial charge is 0.493 e. The van der Waals surface area contributed by atoms with Gasteiger partial charge in [-0.1, -0.05) is 48.2 Å². The summed E-state index contributed by atoms with van der Waals surface area (Å²) in [5, 5.41) is 13.3. The number of amides is 1. The molecule has 0 fully saturated rings. The molecule has 1 N–H and O–H groups in total. The Morgan fingerprint density at radius 1 is 1.12 bits per heavy atom. The maximum Gasteiger partial charge on any atom is 0.250 e. The van der Waals surface area contributed by atoms with Crippen LogP contribution in [0.15, 0.2) is 64.4 Å². The molecule has 0 saturated carbocycles. The molecule has 3 aromatic rings. The molecule has 33 heavy (non-hydrogen) atoms. The van der Waals surface area contributed by atoms with E-state index in [0.29, 0.717) is 29.0 Å². The predicted octanol–water partition coefficient (Wildman–Crippen LogP) is 4.28. The molecule has 9 heteroatoms. The van der Waals surface area contributed by atoms with E-state index >= 15 is 0 Å². The fourth-order valence-electron chi connectivity index (χ4n) is 3.09. The summed E-state index contributed by atoms with van der Waals surface area (Å²) in [6.07, 6.45) is 3.61. The Labute approximate surface area is 197 Å². The van der Waals surface area contributed by atoms with E-state index in [0.717, 1.165) is 16.7 Å². The van der Waals surface area contributed by atoms with Gasteiger partial charge in [0.25, 0.3) is 5.91 Å². The first kappa shape index (κ1) is 24.1. The Morgan fingerprint density at radius 3 is 2.58 bits per heavy atom. The van der Waals surface area contributed by atoms with Crippen molar-refractivity contribution in [2.75, 3.05) is 20.0 Å². The molecule has 0 saturated heterocycles. The normalized spacial score (nSPS) is 11.6. The number of hydrogen-bond donors (Lipinski definition) is 1. The van der Waals surface area contributed by atoms with E-state index in [9.17, 15) is 4.79 Å². The maximum absolute atomic E-state index is 12.2. The number of hydrazone groups is 1. The number of benzene rings is 2. The molecule has 1 aromatic heterocycles. The minimum atomic E-state index is -0.220. The van der Waals surface area contributed by atoms with Crippen molar-refractivity contribution in [3.63, 3.8) is 0 Å². The molecule has 0 atom stereocenters. The number of carbonyl (C=O) groups excluding carboxylic acids is 1. The second-order valence-electron chi connectivity index (χ2n) is 7.00. The molecule has 1 heterocycles. The van der Waals surface area contributed by atoms with E-state index in [1.807, 2.05) is 73.0 Å². The van der Waals surface area contributed by atoms with Crippen LogP contribution in [0.2, 0.25) is 0 Å².